The van der Waals surface area contributed by atoms with Crippen molar-refractivity contribution in [3.05, 3.63) is 24.3 Å². The molecule has 2 atom stereocenters. The summed E-state index contributed by atoms with van der Waals surface area (Å²) >= 11 is 0. The summed E-state index contributed by atoms with van der Waals surface area (Å²) in [6.07, 6.45) is 3.93. The number of rotatable bonds is 6. The van der Waals surface area contributed by atoms with E-state index < -0.39 is 0 Å². The molecule has 0 radical (unpaired) electrons. The topological polar surface area (TPSA) is 50.4 Å². The Morgan fingerprint density at radius 2 is 2.25 bits per heavy atom. The number of ether oxygens (including phenoxy) is 1. The molecule has 1 aliphatic carbocycles. The van der Waals surface area contributed by atoms with Crippen molar-refractivity contribution in [1.29, 1.82) is 0 Å². The van der Waals surface area contributed by atoms with E-state index in [1.54, 1.807) is 7.11 Å². The zero-order valence-electron chi connectivity index (χ0n) is 12.3. The van der Waals surface area contributed by atoms with E-state index in [0.29, 0.717) is 6.54 Å². The molecule has 1 saturated carbocycles. The van der Waals surface area contributed by atoms with E-state index >= 15 is 0 Å². The van der Waals surface area contributed by atoms with E-state index in [4.69, 9.17) is 4.74 Å². The van der Waals surface area contributed by atoms with Crippen molar-refractivity contribution in [3.63, 3.8) is 0 Å². The number of carbonyl (C=O) groups is 1. The van der Waals surface area contributed by atoms with Gasteiger partial charge in [0, 0.05) is 11.8 Å². The SMILES string of the molecule is COc1cccc(NC(=O)CNCC2CCCC2C)c1. The monoisotopic (exact) mass is 276 g/mol. The minimum atomic E-state index is -0.0103. The molecule has 1 aromatic rings. The summed E-state index contributed by atoms with van der Waals surface area (Å²) in [5, 5.41) is 6.13. The predicted molar refractivity (Wildman–Crippen MR) is 81.0 cm³/mol. The molecule has 0 aromatic heterocycles. The van der Waals surface area contributed by atoms with Crippen LogP contribution < -0.4 is 15.4 Å². The van der Waals surface area contributed by atoms with Crippen LogP contribution in [0.3, 0.4) is 0 Å². The van der Waals surface area contributed by atoms with Gasteiger partial charge in [0.05, 0.1) is 13.7 Å². The number of methoxy groups -OCH3 is 1. The first-order chi connectivity index (χ1) is 9.69. The molecule has 2 rings (SSSR count). The van der Waals surface area contributed by atoms with Crippen LogP contribution in [0.4, 0.5) is 5.69 Å². The van der Waals surface area contributed by atoms with Crippen LogP contribution in [0.1, 0.15) is 26.2 Å². The van der Waals surface area contributed by atoms with Crippen molar-refractivity contribution in [2.45, 2.75) is 26.2 Å². The maximum absolute atomic E-state index is 11.9. The standard InChI is InChI=1S/C16H24N2O2/c1-12-5-3-6-13(12)10-17-11-16(19)18-14-7-4-8-15(9-14)20-2/h4,7-9,12-13,17H,3,5-6,10-11H2,1-2H3,(H,18,19). The van der Waals surface area contributed by atoms with Crippen molar-refractivity contribution in [2.24, 2.45) is 11.8 Å². The fraction of sp³-hybridized carbons (Fsp3) is 0.562. The van der Waals surface area contributed by atoms with Gasteiger partial charge >= 0.3 is 0 Å². The summed E-state index contributed by atoms with van der Waals surface area (Å²) < 4.78 is 5.13. The minimum absolute atomic E-state index is 0.0103. The Balaban J connectivity index is 1.72. The van der Waals surface area contributed by atoms with E-state index in [2.05, 4.69) is 17.6 Å². The Morgan fingerprint density at radius 1 is 1.40 bits per heavy atom. The quantitative estimate of drug-likeness (QED) is 0.840. The lowest BCUT2D eigenvalue weighted by Gasteiger charge is -2.15. The smallest absolute Gasteiger partial charge is 0.238 e. The molecule has 2 N–H and O–H groups in total. The average Bonchev–Trinajstić information content (AvgIpc) is 2.85. The number of carbonyl (C=O) groups excluding carboxylic acids is 1. The lowest BCUT2D eigenvalue weighted by atomic mass is 9.98. The van der Waals surface area contributed by atoms with Gasteiger partial charge < -0.3 is 15.4 Å². The van der Waals surface area contributed by atoms with Crippen LogP contribution in [0.2, 0.25) is 0 Å². The second-order valence-electron chi connectivity index (χ2n) is 5.58. The van der Waals surface area contributed by atoms with Crippen LogP contribution in [-0.4, -0.2) is 26.1 Å². The van der Waals surface area contributed by atoms with Gasteiger partial charge in [0.15, 0.2) is 0 Å². The van der Waals surface area contributed by atoms with Crippen LogP contribution in [0.5, 0.6) is 5.75 Å². The summed E-state index contributed by atoms with van der Waals surface area (Å²) in [6, 6.07) is 7.40. The van der Waals surface area contributed by atoms with Crippen molar-refractivity contribution in [3.8, 4) is 5.75 Å². The molecule has 4 heteroatoms. The average molecular weight is 276 g/mol. The highest BCUT2D eigenvalue weighted by Gasteiger charge is 2.22. The Kier molecular flexibility index (Phi) is 5.41. The molecule has 0 aliphatic heterocycles. The second-order valence-corrected chi connectivity index (χ2v) is 5.58. The summed E-state index contributed by atoms with van der Waals surface area (Å²) in [5.74, 6) is 2.24. The summed E-state index contributed by atoms with van der Waals surface area (Å²) in [4.78, 5) is 11.9. The van der Waals surface area contributed by atoms with Crippen LogP contribution in [0.25, 0.3) is 0 Å². The third-order valence-electron chi connectivity index (χ3n) is 4.08. The van der Waals surface area contributed by atoms with Gasteiger partial charge in [-0.05, 0) is 36.9 Å². The number of hydrogen-bond acceptors (Lipinski definition) is 3. The zero-order chi connectivity index (χ0) is 14.4. The number of nitrogens with one attached hydrogen (secondary N) is 2. The molecule has 0 saturated heterocycles. The van der Waals surface area contributed by atoms with Crippen molar-refractivity contribution >= 4 is 11.6 Å². The molecule has 0 spiro atoms. The molecule has 1 aromatic carbocycles. The fourth-order valence-corrected chi connectivity index (χ4v) is 2.80. The van der Waals surface area contributed by atoms with E-state index in [9.17, 15) is 4.79 Å². The molecule has 1 fully saturated rings. The van der Waals surface area contributed by atoms with Crippen LogP contribution in [0.15, 0.2) is 24.3 Å². The first-order valence-electron chi connectivity index (χ1n) is 7.33. The second kappa shape index (κ2) is 7.29. The van der Waals surface area contributed by atoms with Crippen molar-refractivity contribution in [2.75, 3.05) is 25.5 Å². The zero-order valence-corrected chi connectivity index (χ0v) is 12.3. The Hall–Kier alpha value is -1.55. The lowest BCUT2D eigenvalue weighted by Crippen LogP contribution is -2.32. The maximum Gasteiger partial charge on any atom is 0.238 e. The largest absolute Gasteiger partial charge is 0.497 e. The summed E-state index contributed by atoms with van der Waals surface area (Å²) in [5.41, 5.74) is 0.769. The van der Waals surface area contributed by atoms with Gasteiger partial charge in [0.1, 0.15) is 5.75 Å². The maximum atomic E-state index is 11.9. The van der Waals surface area contributed by atoms with Gasteiger partial charge in [0.25, 0.3) is 0 Å². The molecule has 1 aliphatic rings. The van der Waals surface area contributed by atoms with Crippen molar-refractivity contribution in [1.82, 2.24) is 5.32 Å². The highest BCUT2D eigenvalue weighted by molar-refractivity contribution is 5.92. The van der Waals surface area contributed by atoms with Crippen LogP contribution in [0, 0.1) is 11.8 Å². The predicted octanol–water partition coefficient (Wildman–Crippen LogP) is 2.66. The van der Waals surface area contributed by atoms with Gasteiger partial charge in [-0.15, -0.1) is 0 Å². The molecule has 4 nitrogen and oxygen atoms in total. The van der Waals surface area contributed by atoms with E-state index in [-0.39, 0.29) is 5.91 Å². The fourth-order valence-electron chi connectivity index (χ4n) is 2.80. The van der Waals surface area contributed by atoms with E-state index in [1.165, 1.54) is 19.3 Å². The molecule has 110 valence electrons. The number of amides is 1. The first-order valence-corrected chi connectivity index (χ1v) is 7.33. The molecular formula is C16H24N2O2. The number of benzene rings is 1. The molecule has 20 heavy (non-hydrogen) atoms. The Labute approximate surface area is 120 Å². The van der Waals surface area contributed by atoms with Gasteiger partial charge in [0.2, 0.25) is 5.91 Å². The normalized spacial score (nSPS) is 21.7. The van der Waals surface area contributed by atoms with E-state index in [0.717, 1.165) is 29.8 Å². The first kappa shape index (κ1) is 14.9. The number of anilines is 1. The van der Waals surface area contributed by atoms with E-state index in [1.807, 2.05) is 24.3 Å². The molecule has 0 heterocycles. The third kappa shape index (κ3) is 4.23. The molecular weight excluding hydrogens is 252 g/mol. The summed E-state index contributed by atoms with van der Waals surface area (Å²) in [7, 11) is 1.62. The molecule has 2 unspecified atom stereocenters. The third-order valence-corrected chi connectivity index (χ3v) is 4.08. The van der Waals surface area contributed by atoms with Crippen LogP contribution in [-0.2, 0) is 4.79 Å². The molecule has 1 amide bonds. The minimum Gasteiger partial charge on any atom is -0.497 e. The van der Waals surface area contributed by atoms with Crippen molar-refractivity contribution < 1.29 is 9.53 Å². The highest BCUT2D eigenvalue weighted by Crippen LogP contribution is 2.30. The Morgan fingerprint density at radius 3 is 2.95 bits per heavy atom. The Bertz CT molecular complexity index is 448. The van der Waals surface area contributed by atoms with Gasteiger partial charge in [-0.3, -0.25) is 4.79 Å². The van der Waals surface area contributed by atoms with Crippen LogP contribution >= 0.6 is 0 Å². The molecule has 0 bridgehead atoms. The summed E-state index contributed by atoms with van der Waals surface area (Å²) in [6.45, 7) is 3.60. The lowest BCUT2D eigenvalue weighted by molar-refractivity contribution is -0.115. The number of hydrogen-bond donors (Lipinski definition) is 2. The van der Waals surface area contributed by atoms with Gasteiger partial charge in [-0.25, -0.2) is 0 Å². The van der Waals surface area contributed by atoms with Gasteiger partial charge in [-0.2, -0.15) is 0 Å². The van der Waals surface area contributed by atoms with Gasteiger partial charge in [-0.1, -0.05) is 25.8 Å². The highest BCUT2D eigenvalue weighted by atomic mass is 16.5.